The van der Waals surface area contributed by atoms with Gasteiger partial charge in [0.15, 0.2) is 0 Å². The maximum Gasteiger partial charge on any atom is 0.224 e. The molecule has 2 aromatic rings. The molecule has 3 atom stereocenters. The molecule has 1 saturated carbocycles. The lowest BCUT2D eigenvalue weighted by Gasteiger charge is -2.19. The highest BCUT2D eigenvalue weighted by atomic mass is 19.1. The molecular formula is C20H22FNO3. The van der Waals surface area contributed by atoms with Crippen LogP contribution in [0.1, 0.15) is 29.5 Å². The van der Waals surface area contributed by atoms with Crippen molar-refractivity contribution in [2.75, 3.05) is 20.8 Å². The highest BCUT2D eigenvalue weighted by Crippen LogP contribution is 2.47. The van der Waals surface area contributed by atoms with E-state index in [1.807, 2.05) is 30.3 Å². The Morgan fingerprint density at radius 2 is 2.00 bits per heavy atom. The molecule has 1 fully saturated rings. The first-order valence-electron chi connectivity index (χ1n) is 8.31. The van der Waals surface area contributed by atoms with Gasteiger partial charge in [-0.25, -0.2) is 4.39 Å². The van der Waals surface area contributed by atoms with Gasteiger partial charge in [0, 0.05) is 13.0 Å². The minimum absolute atomic E-state index is 0.0212. The molecule has 0 bridgehead atoms. The predicted octanol–water partition coefficient (Wildman–Crippen LogP) is 3.44. The summed E-state index contributed by atoms with van der Waals surface area (Å²) in [6.45, 7) is 0.384. The fourth-order valence-corrected chi connectivity index (χ4v) is 3.09. The number of nitrogens with one attached hydrogen (secondary N) is 1. The van der Waals surface area contributed by atoms with Crippen LogP contribution in [0.25, 0.3) is 0 Å². The van der Waals surface area contributed by atoms with Gasteiger partial charge in [-0.15, -0.1) is 0 Å². The van der Waals surface area contributed by atoms with Crippen LogP contribution in [0.5, 0.6) is 5.75 Å². The molecule has 2 aromatic carbocycles. The fraction of sp³-hybridized carbons (Fsp3) is 0.350. The van der Waals surface area contributed by atoms with Gasteiger partial charge >= 0.3 is 0 Å². The van der Waals surface area contributed by atoms with Gasteiger partial charge in [0.05, 0.1) is 19.8 Å². The van der Waals surface area contributed by atoms with Crippen LogP contribution in [0.15, 0.2) is 48.5 Å². The van der Waals surface area contributed by atoms with Crippen LogP contribution in [-0.4, -0.2) is 26.7 Å². The Bertz CT molecular complexity index is 732. The van der Waals surface area contributed by atoms with E-state index in [1.54, 1.807) is 20.3 Å². The van der Waals surface area contributed by atoms with Gasteiger partial charge in [0.25, 0.3) is 0 Å². The van der Waals surface area contributed by atoms with Crippen LogP contribution in [0.4, 0.5) is 4.39 Å². The van der Waals surface area contributed by atoms with Gasteiger partial charge in [-0.3, -0.25) is 4.79 Å². The highest BCUT2D eigenvalue weighted by Gasteiger charge is 2.44. The van der Waals surface area contributed by atoms with E-state index in [9.17, 15) is 9.18 Å². The van der Waals surface area contributed by atoms with Crippen LogP contribution < -0.4 is 10.1 Å². The summed E-state index contributed by atoms with van der Waals surface area (Å²) in [5.74, 6) is 0.458. The molecule has 0 unspecified atom stereocenters. The fourth-order valence-electron chi connectivity index (χ4n) is 3.09. The molecule has 1 amide bonds. The molecule has 1 aliphatic rings. The monoisotopic (exact) mass is 343 g/mol. The molecule has 0 radical (unpaired) electrons. The molecule has 3 rings (SSSR count). The van der Waals surface area contributed by atoms with E-state index in [-0.39, 0.29) is 29.6 Å². The average Bonchev–Trinajstić information content (AvgIpc) is 3.42. The molecule has 0 heterocycles. The van der Waals surface area contributed by atoms with E-state index in [0.29, 0.717) is 6.61 Å². The predicted molar refractivity (Wildman–Crippen MR) is 93.0 cm³/mol. The summed E-state index contributed by atoms with van der Waals surface area (Å²) < 4.78 is 23.8. The van der Waals surface area contributed by atoms with Crippen molar-refractivity contribution >= 4 is 5.91 Å². The molecule has 0 aliphatic heterocycles. The molecule has 0 spiro atoms. The third-order valence-corrected chi connectivity index (χ3v) is 4.57. The number of carbonyl (C=O) groups is 1. The Morgan fingerprint density at radius 1 is 1.24 bits per heavy atom. The third kappa shape index (κ3) is 4.17. The summed E-state index contributed by atoms with van der Waals surface area (Å²) in [6, 6.07) is 13.8. The van der Waals surface area contributed by atoms with Gasteiger partial charge in [-0.2, -0.15) is 0 Å². The molecule has 0 saturated heterocycles. The smallest absolute Gasteiger partial charge is 0.224 e. The second-order valence-corrected chi connectivity index (χ2v) is 6.29. The average molecular weight is 343 g/mol. The molecule has 1 aliphatic carbocycles. The number of benzene rings is 2. The van der Waals surface area contributed by atoms with Crippen molar-refractivity contribution in [3.8, 4) is 5.75 Å². The first kappa shape index (κ1) is 17.4. The van der Waals surface area contributed by atoms with E-state index in [2.05, 4.69) is 5.32 Å². The van der Waals surface area contributed by atoms with Crippen LogP contribution in [0, 0.1) is 11.7 Å². The minimum Gasteiger partial charge on any atom is -0.497 e. The van der Waals surface area contributed by atoms with Crippen LogP contribution >= 0.6 is 0 Å². The van der Waals surface area contributed by atoms with Crippen molar-refractivity contribution in [3.63, 3.8) is 0 Å². The Kier molecular flexibility index (Phi) is 5.34. The molecular weight excluding hydrogens is 321 g/mol. The first-order chi connectivity index (χ1) is 12.1. The largest absolute Gasteiger partial charge is 0.497 e. The lowest BCUT2D eigenvalue weighted by atomic mass is 10.1. The van der Waals surface area contributed by atoms with Crippen molar-refractivity contribution in [2.24, 2.45) is 5.92 Å². The number of hydrogen-bond donors (Lipinski definition) is 1. The van der Waals surface area contributed by atoms with Crippen molar-refractivity contribution in [2.45, 2.75) is 18.4 Å². The van der Waals surface area contributed by atoms with Gasteiger partial charge < -0.3 is 14.8 Å². The quantitative estimate of drug-likeness (QED) is 0.838. The number of hydrogen-bond acceptors (Lipinski definition) is 3. The van der Waals surface area contributed by atoms with Crippen molar-refractivity contribution in [1.29, 1.82) is 0 Å². The number of methoxy groups -OCH3 is 2. The van der Waals surface area contributed by atoms with Gasteiger partial charge in [-0.1, -0.05) is 24.3 Å². The summed E-state index contributed by atoms with van der Waals surface area (Å²) in [4.78, 5) is 12.6. The Labute approximate surface area is 147 Å². The maximum absolute atomic E-state index is 13.3. The van der Waals surface area contributed by atoms with E-state index >= 15 is 0 Å². The van der Waals surface area contributed by atoms with Crippen molar-refractivity contribution in [1.82, 2.24) is 5.32 Å². The molecule has 25 heavy (non-hydrogen) atoms. The first-order valence-corrected chi connectivity index (χ1v) is 8.31. The SMILES string of the molecule is COC[C@H](NC(=O)[C@H]1C[C@@H]1c1cccc(F)c1)c1ccc(OC)cc1. The Balaban J connectivity index is 1.65. The van der Waals surface area contributed by atoms with E-state index < -0.39 is 0 Å². The van der Waals surface area contributed by atoms with Crippen LogP contribution in [-0.2, 0) is 9.53 Å². The van der Waals surface area contributed by atoms with Crippen molar-refractivity contribution < 1.29 is 18.7 Å². The molecule has 1 N–H and O–H groups in total. The normalized spacial score (nSPS) is 20.0. The molecule has 132 valence electrons. The standard InChI is InChI=1S/C20H22FNO3/c1-24-12-19(13-6-8-16(25-2)9-7-13)22-20(23)18-11-17(18)14-4-3-5-15(21)10-14/h3-10,17-19H,11-12H2,1-2H3,(H,22,23)/t17-,18+,19+/m1/s1. The van der Waals surface area contributed by atoms with Gasteiger partial charge in [0.2, 0.25) is 5.91 Å². The van der Waals surface area contributed by atoms with Crippen LogP contribution in [0.3, 0.4) is 0 Å². The number of carbonyl (C=O) groups excluding carboxylic acids is 1. The molecule has 0 aromatic heterocycles. The summed E-state index contributed by atoms with van der Waals surface area (Å²) in [7, 11) is 3.22. The zero-order valence-corrected chi connectivity index (χ0v) is 14.4. The summed E-state index contributed by atoms with van der Waals surface area (Å²) in [5, 5.41) is 3.05. The van der Waals surface area contributed by atoms with Crippen molar-refractivity contribution in [3.05, 3.63) is 65.5 Å². The van der Waals surface area contributed by atoms with Gasteiger partial charge in [0.1, 0.15) is 11.6 Å². The second-order valence-electron chi connectivity index (χ2n) is 6.29. The third-order valence-electron chi connectivity index (χ3n) is 4.57. The van der Waals surface area contributed by atoms with E-state index in [4.69, 9.17) is 9.47 Å². The van der Waals surface area contributed by atoms with Crippen LogP contribution in [0.2, 0.25) is 0 Å². The van der Waals surface area contributed by atoms with E-state index in [1.165, 1.54) is 12.1 Å². The Hall–Kier alpha value is -2.40. The minimum atomic E-state index is -0.265. The lowest BCUT2D eigenvalue weighted by molar-refractivity contribution is -0.123. The summed E-state index contributed by atoms with van der Waals surface area (Å²) >= 11 is 0. The maximum atomic E-state index is 13.3. The molecule has 4 nitrogen and oxygen atoms in total. The number of rotatable bonds is 7. The number of ether oxygens (including phenoxy) is 2. The van der Waals surface area contributed by atoms with E-state index in [0.717, 1.165) is 23.3 Å². The number of amides is 1. The Morgan fingerprint density at radius 3 is 2.64 bits per heavy atom. The topological polar surface area (TPSA) is 47.6 Å². The van der Waals surface area contributed by atoms with Gasteiger partial charge in [-0.05, 0) is 47.7 Å². The summed E-state index contributed by atoms with van der Waals surface area (Å²) in [5.41, 5.74) is 1.84. The molecule has 5 heteroatoms. The second kappa shape index (κ2) is 7.66. The zero-order chi connectivity index (χ0) is 17.8. The highest BCUT2D eigenvalue weighted by molar-refractivity contribution is 5.83. The summed E-state index contributed by atoms with van der Waals surface area (Å²) in [6.07, 6.45) is 0.748. The lowest BCUT2D eigenvalue weighted by Crippen LogP contribution is -2.32. The number of halogens is 1. The zero-order valence-electron chi connectivity index (χ0n) is 14.4.